The number of nitrogens with one attached hydrogen (secondary N) is 1. The van der Waals surface area contributed by atoms with E-state index in [1.807, 2.05) is 6.92 Å². The highest BCUT2D eigenvalue weighted by molar-refractivity contribution is 7.93. The number of methoxy groups -OCH3 is 1. The summed E-state index contributed by atoms with van der Waals surface area (Å²) in [5.41, 5.74) is 5.46. The molecule has 0 aliphatic carbocycles. The zero-order valence-corrected chi connectivity index (χ0v) is 12.9. The predicted octanol–water partition coefficient (Wildman–Crippen LogP) is 1.63. The molecule has 114 valence electrons. The van der Waals surface area contributed by atoms with E-state index in [2.05, 4.69) is 14.9 Å². The van der Waals surface area contributed by atoms with Crippen molar-refractivity contribution in [3.8, 4) is 5.75 Å². The van der Waals surface area contributed by atoms with Gasteiger partial charge in [0, 0.05) is 0 Å². The Bertz CT molecular complexity index is 738. The van der Waals surface area contributed by atoms with Crippen LogP contribution in [0.3, 0.4) is 0 Å². The zero-order chi connectivity index (χ0) is 15.6. The maximum absolute atomic E-state index is 13.7. The fourth-order valence-electron chi connectivity index (χ4n) is 1.57. The Hall–Kier alpha value is -1.94. The van der Waals surface area contributed by atoms with Crippen molar-refractivity contribution in [1.82, 2.24) is 10.2 Å². The molecule has 2 aromatic rings. The van der Waals surface area contributed by atoms with Gasteiger partial charge in [-0.3, -0.25) is 4.72 Å². The van der Waals surface area contributed by atoms with Crippen LogP contribution in [-0.4, -0.2) is 25.7 Å². The lowest BCUT2D eigenvalue weighted by Gasteiger charge is -2.09. The summed E-state index contributed by atoms with van der Waals surface area (Å²) < 4.78 is 45.0. The molecule has 10 heteroatoms. The standard InChI is InChI=1S/C11H13FN4O3S2/c1-3-9-14-15-11(20-9)16-21(17,18)6-4-7(12)10(19-2)8(13)5-6/h4-5H,3,13H2,1-2H3,(H,15,16). The largest absolute Gasteiger partial charge is 0.492 e. The van der Waals surface area contributed by atoms with E-state index in [4.69, 9.17) is 10.5 Å². The minimum absolute atomic E-state index is 0.107. The fourth-order valence-corrected chi connectivity index (χ4v) is 3.53. The molecule has 0 bridgehead atoms. The van der Waals surface area contributed by atoms with Crippen molar-refractivity contribution in [3.63, 3.8) is 0 Å². The van der Waals surface area contributed by atoms with E-state index in [1.165, 1.54) is 7.11 Å². The van der Waals surface area contributed by atoms with Gasteiger partial charge >= 0.3 is 0 Å². The van der Waals surface area contributed by atoms with Gasteiger partial charge in [-0.25, -0.2) is 12.8 Å². The summed E-state index contributed by atoms with van der Waals surface area (Å²) in [7, 11) is -2.75. The van der Waals surface area contributed by atoms with Crippen molar-refractivity contribution < 1.29 is 17.5 Å². The quantitative estimate of drug-likeness (QED) is 0.806. The Morgan fingerprint density at radius 1 is 1.43 bits per heavy atom. The first kappa shape index (κ1) is 15.4. The first-order chi connectivity index (χ1) is 9.87. The minimum atomic E-state index is -4.00. The normalized spacial score (nSPS) is 11.4. The van der Waals surface area contributed by atoms with Crippen molar-refractivity contribution >= 4 is 32.2 Å². The van der Waals surface area contributed by atoms with E-state index in [-0.39, 0.29) is 21.5 Å². The molecule has 7 nitrogen and oxygen atoms in total. The molecule has 0 unspecified atom stereocenters. The second-order valence-corrected chi connectivity index (χ2v) is 6.73. The number of aromatic nitrogens is 2. The summed E-state index contributed by atoms with van der Waals surface area (Å²) >= 11 is 1.11. The molecular formula is C11H13FN4O3S2. The summed E-state index contributed by atoms with van der Waals surface area (Å²) in [5.74, 6) is -1.05. The van der Waals surface area contributed by atoms with E-state index >= 15 is 0 Å². The van der Waals surface area contributed by atoms with Crippen LogP contribution in [0.5, 0.6) is 5.75 Å². The van der Waals surface area contributed by atoms with Gasteiger partial charge in [-0.05, 0) is 18.6 Å². The van der Waals surface area contributed by atoms with Crippen molar-refractivity contribution in [3.05, 3.63) is 23.0 Å². The topological polar surface area (TPSA) is 107 Å². The summed E-state index contributed by atoms with van der Waals surface area (Å²) in [6.45, 7) is 1.87. The smallest absolute Gasteiger partial charge is 0.263 e. The zero-order valence-electron chi connectivity index (χ0n) is 11.3. The van der Waals surface area contributed by atoms with Crippen LogP contribution in [0.2, 0.25) is 0 Å². The van der Waals surface area contributed by atoms with Gasteiger partial charge in [0.2, 0.25) is 5.13 Å². The van der Waals surface area contributed by atoms with Crippen LogP contribution in [0, 0.1) is 5.82 Å². The Labute approximate surface area is 125 Å². The van der Waals surface area contributed by atoms with Crippen molar-refractivity contribution in [2.45, 2.75) is 18.2 Å². The van der Waals surface area contributed by atoms with Gasteiger partial charge in [-0.1, -0.05) is 18.3 Å². The number of aryl methyl sites for hydroxylation is 1. The van der Waals surface area contributed by atoms with Gasteiger partial charge in [0.25, 0.3) is 10.0 Å². The molecule has 21 heavy (non-hydrogen) atoms. The van der Waals surface area contributed by atoms with Gasteiger partial charge in [-0.15, -0.1) is 10.2 Å². The molecule has 2 rings (SSSR count). The average Bonchev–Trinajstić information content (AvgIpc) is 2.85. The van der Waals surface area contributed by atoms with E-state index in [1.54, 1.807) is 0 Å². The molecule has 0 aliphatic rings. The summed E-state index contributed by atoms with van der Waals surface area (Å²) in [5, 5.41) is 8.30. The molecule has 0 saturated carbocycles. The molecular weight excluding hydrogens is 319 g/mol. The summed E-state index contributed by atoms with van der Waals surface area (Å²) in [6, 6.07) is 1.95. The number of ether oxygens (including phenoxy) is 1. The van der Waals surface area contributed by atoms with Crippen LogP contribution >= 0.6 is 11.3 Å². The lowest BCUT2D eigenvalue weighted by molar-refractivity contribution is 0.388. The number of rotatable bonds is 5. The molecule has 0 radical (unpaired) electrons. The van der Waals surface area contributed by atoms with E-state index in [9.17, 15) is 12.8 Å². The predicted molar refractivity (Wildman–Crippen MR) is 77.5 cm³/mol. The SMILES string of the molecule is CCc1nnc(NS(=O)(=O)c2cc(N)c(OC)c(F)c2)s1. The van der Waals surface area contributed by atoms with Gasteiger partial charge in [0.1, 0.15) is 5.01 Å². The monoisotopic (exact) mass is 332 g/mol. The maximum atomic E-state index is 13.7. The highest BCUT2D eigenvalue weighted by Gasteiger charge is 2.20. The number of hydrogen-bond acceptors (Lipinski definition) is 7. The van der Waals surface area contributed by atoms with Gasteiger partial charge < -0.3 is 10.5 Å². The molecule has 0 saturated heterocycles. The van der Waals surface area contributed by atoms with Gasteiger partial charge in [0.05, 0.1) is 17.7 Å². The second kappa shape index (κ2) is 5.82. The first-order valence-electron chi connectivity index (χ1n) is 5.85. The third-order valence-corrected chi connectivity index (χ3v) is 4.98. The van der Waals surface area contributed by atoms with E-state index in [0.717, 1.165) is 23.5 Å². The average molecular weight is 332 g/mol. The number of anilines is 2. The van der Waals surface area contributed by atoms with Gasteiger partial charge in [0.15, 0.2) is 11.6 Å². The van der Waals surface area contributed by atoms with E-state index in [0.29, 0.717) is 11.4 Å². The van der Waals surface area contributed by atoms with Gasteiger partial charge in [-0.2, -0.15) is 0 Å². The van der Waals surface area contributed by atoms with Crippen LogP contribution in [0.15, 0.2) is 17.0 Å². The molecule has 0 aliphatic heterocycles. The number of sulfonamides is 1. The number of benzene rings is 1. The third kappa shape index (κ3) is 3.22. The van der Waals surface area contributed by atoms with Crippen LogP contribution in [0.25, 0.3) is 0 Å². The molecule has 0 amide bonds. The molecule has 1 aromatic heterocycles. The lowest BCUT2D eigenvalue weighted by Crippen LogP contribution is -2.14. The Morgan fingerprint density at radius 3 is 2.67 bits per heavy atom. The number of hydrogen-bond donors (Lipinski definition) is 2. The fraction of sp³-hybridized carbons (Fsp3) is 0.273. The second-order valence-electron chi connectivity index (χ2n) is 3.99. The van der Waals surface area contributed by atoms with Crippen LogP contribution in [-0.2, 0) is 16.4 Å². The third-order valence-electron chi connectivity index (χ3n) is 2.55. The Morgan fingerprint density at radius 2 is 2.14 bits per heavy atom. The highest BCUT2D eigenvalue weighted by atomic mass is 32.2. The van der Waals surface area contributed by atoms with E-state index < -0.39 is 15.8 Å². The Kier molecular flexibility index (Phi) is 4.28. The minimum Gasteiger partial charge on any atom is -0.492 e. The summed E-state index contributed by atoms with van der Waals surface area (Å²) in [4.78, 5) is -0.313. The lowest BCUT2D eigenvalue weighted by atomic mass is 10.3. The molecule has 1 heterocycles. The molecule has 3 N–H and O–H groups in total. The maximum Gasteiger partial charge on any atom is 0.263 e. The number of halogens is 1. The van der Waals surface area contributed by atoms with Crippen molar-refractivity contribution in [2.75, 3.05) is 17.6 Å². The van der Waals surface area contributed by atoms with Crippen LogP contribution < -0.4 is 15.2 Å². The van der Waals surface area contributed by atoms with Crippen molar-refractivity contribution in [1.29, 1.82) is 0 Å². The molecule has 0 spiro atoms. The first-order valence-corrected chi connectivity index (χ1v) is 8.15. The Balaban J connectivity index is 2.35. The number of nitrogens with zero attached hydrogens (tertiary/aromatic N) is 2. The summed E-state index contributed by atoms with van der Waals surface area (Å²) in [6.07, 6.45) is 0.642. The number of nitrogen functional groups attached to an aromatic ring is 1. The number of nitrogens with two attached hydrogens (primary N) is 1. The highest BCUT2D eigenvalue weighted by Crippen LogP contribution is 2.29. The van der Waals surface area contributed by atoms with Crippen molar-refractivity contribution in [2.24, 2.45) is 0 Å². The molecule has 1 aromatic carbocycles. The molecule has 0 atom stereocenters. The molecule has 0 fully saturated rings. The van der Waals surface area contributed by atoms with Crippen LogP contribution in [0.4, 0.5) is 15.2 Å². The van der Waals surface area contributed by atoms with Crippen LogP contribution in [0.1, 0.15) is 11.9 Å².